The molecule has 0 fully saturated rings. The molecule has 3 N–H and O–H groups in total. The van der Waals surface area contributed by atoms with Crippen molar-refractivity contribution in [3.05, 3.63) is 29.8 Å². The average Bonchev–Trinajstić information content (AvgIpc) is 2.47. The lowest BCUT2D eigenvalue weighted by Crippen LogP contribution is -2.45. The Bertz CT molecular complexity index is 460. The largest absolute Gasteiger partial charge is 0.435 e. The third-order valence-corrected chi connectivity index (χ3v) is 3.80. The molecule has 0 aliphatic rings. The Morgan fingerprint density at radius 1 is 1.36 bits per heavy atom. The van der Waals surface area contributed by atoms with E-state index >= 15 is 0 Å². The summed E-state index contributed by atoms with van der Waals surface area (Å²) in [5.74, 6) is -0.0389. The molecule has 22 heavy (non-hydrogen) atoms. The van der Waals surface area contributed by atoms with Gasteiger partial charge in [0, 0.05) is 13.1 Å². The first kappa shape index (κ1) is 20.6. The molecular formula is C15H23ClF2N2O2. The van der Waals surface area contributed by atoms with Crippen LogP contribution in [0.1, 0.15) is 32.3 Å². The summed E-state index contributed by atoms with van der Waals surface area (Å²) < 4.78 is 28.6. The Morgan fingerprint density at radius 2 is 2.00 bits per heavy atom. The summed E-state index contributed by atoms with van der Waals surface area (Å²) in [5.41, 5.74) is 5.84. The first-order valence-electron chi connectivity index (χ1n) is 6.99. The summed E-state index contributed by atoms with van der Waals surface area (Å²) in [7, 11) is 0. The number of benzene rings is 1. The topological polar surface area (TPSA) is 64.4 Å². The maximum Gasteiger partial charge on any atom is 0.387 e. The Balaban J connectivity index is 0.00000441. The fraction of sp³-hybridized carbons (Fsp3) is 0.533. The van der Waals surface area contributed by atoms with E-state index in [1.165, 1.54) is 12.1 Å². The average molecular weight is 337 g/mol. The van der Waals surface area contributed by atoms with Crippen molar-refractivity contribution in [2.45, 2.75) is 39.8 Å². The van der Waals surface area contributed by atoms with Gasteiger partial charge in [0.05, 0.1) is 5.41 Å². The maximum atomic E-state index is 12.3. The van der Waals surface area contributed by atoms with Crippen LogP contribution in [-0.2, 0) is 11.3 Å². The Morgan fingerprint density at radius 3 is 2.50 bits per heavy atom. The number of halogens is 3. The Kier molecular flexibility index (Phi) is 8.97. The number of hydrogen-bond donors (Lipinski definition) is 2. The molecule has 7 heteroatoms. The highest BCUT2D eigenvalue weighted by molar-refractivity contribution is 5.85. The predicted octanol–water partition coefficient (Wildman–Crippen LogP) is 3.09. The molecule has 1 rings (SSSR count). The van der Waals surface area contributed by atoms with E-state index in [2.05, 4.69) is 10.1 Å². The van der Waals surface area contributed by atoms with Gasteiger partial charge in [0.1, 0.15) is 5.75 Å². The molecule has 126 valence electrons. The SMILES string of the molecule is CCC(CC)(CN)C(=O)NCc1cccc(OC(F)F)c1.Cl. The monoisotopic (exact) mass is 336 g/mol. The molecule has 0 bridgehead atoms. The van der Waals surface area contributed by atoms with Gasteiger partial charge in [-0.05, 0) is 30.5 Å². The summed E-state index contributed by atoms with van der Waals surface area (Å²) >= 11 is 0. The minimum absolute atomic E-state index is 0. The van der Waals surface area contributed by atoms with Crippen LogP contribution in [0.5, 0.6) is 5.75 Å². The summed E-state index contributed by atoms with van der Waals surface area (Å²) in [6.07, 6.45) is 1.31. The molecule has 0 aromatic heterocycles. The zero-order chi connectivity index (χ0) is 15.9. The van der Waals surface area contributed by atoms with Gasteiger partial charge in [0.25, 0.3) is 0 Å². The molecule has 1 aromatic rings. The molecule has 0 spiro atoms. The van der Waals surface area contributed by atoms with Crippen molar-refractivity contribution in [1.29, 1.82) is 0 Å². The standard InChI is InChI=1S/C15H22F2N2O2.ClH/c1-3-15(4-2,10-18)13(20)19-9-11-6-5-7-12(8-11)21-14(16)17;/h5-8,14H,3-4,9-10,18H2,1-2H3,(H,19,20);1H. The van der Waals surface area contributed by atoms with Gasteiger partial charge < -0.3 is 15.8 Å². The highest BCUT2D eigenvalue weighted by atomic mass is 35.5. The summed E-state index contributed by atoms with van der Waals surface area (Å²) in [5, 5.41) is 2.81. The Labute approximate surface area is 135 Å². The van der Waals surface area contributed by atoms with Crippen LogP contribution in [0.25, 0.3) is 0 Å². The summed E-state index contributed by atoms with van der Waals surface area (Å²) in [6, 6.07) is 6.27. The first-order valence-corrected chi connectivity index (χ1v) is 6.99. The van der Waals surface area contributed by atoms with E-state index in [0.717, 1.165) is 0 Å². The van der Waals surface area contributed by atoms with Crippen LogP contribution in [0.4, 0.5) is 8.78 Å². The van der Waals surface area contributed by atoms with Gasteiger partial charge in [-0.25, -0.2) is 0 Å². The third-order valence-electron chi connectivity index (χ3n) is 3.80. The maximum absolute atomic E-state index is 12.3. The van der Waals surface area contributed by atoms with Crippen molar-refractivity contribution in [3.63, 3.8) is 0 Å². The molecule has 1 aromatic carbocycles. The predicted molar refractivity (Wildman–Crippen MR) is 84.2 cm³/mol. The van der Waals surface area contributed by atoms with Crippen LogP contribution in [0.3, 0.4) is 0 Å². The Hall–Kier alpha value is -1.40. The number of hydrogen-bond acceptors (Lipinski definition) is 3. The van der Waals surface area contributed by atoms with Crippen molar-refractivity contribution in [2.24, 2.45) is 11.1 Å². The number of ether oxygens (including phenoxy) is 1. The lowest BCUT2D eigenvalue weighted by atomic mass is 9.81. The quantitative estimate of drug-likeness (QED) is 0.766. The number of nitrogens with two attached hydrogens (primary N) is 1. The fourth-order valence-corrected chi connectivity index (χ4v) is 2.15. The molecule has 0 atom stereocenters. The second kappa shape index (κ2) is 9.58. The van der Waals surface area contributed by atoms with Gasteiger partial charge in [-0.3, -0.25) is 4.79 Å². The van der Waals surface area contributed by atoms with E-state index in [-0.39, 0.29) is 37.2 Å². The molecule has 0 unspecified atom stereocenters. The smallest absolute Gasteiger partial charge is 0.387 e. The highest BCUT2D eigenvalue weighted by Gasteiger charge is 2.32. The van der Waals surface area contributed by atoms with Crippen LogP contribution in [0.2, 0.25) is 0 Å². The zero-order valence-electron chi connectivity index (χ0n) is 12.8. The third kappa shape index (κ3) is 5.42. The second-order valence-electron chi connectivity index (χ2n) is 4.90. The second-order valence-corrected chi connectivity index (χ2v) is 4.90. The van der Waals surface area contributed by atoms with Gasteiger partial charge in [-0.15, -0.1) is 12.4 Å². The van der Waals surface area contributed by atoms with E-state index < -0.39 is 12.0 Å². The first-order chi connectivity index (χ1) is 9.97. The molecular weight excluding hydrogens is 314 g/mol. The van der Waals surface area contributed by atoms with E-state index in [1.54, 1.807) is 12.1 Å². The number of nitrogens with one attached hydrogen (secondary N) is 1. The summed E-state index contributed by atoms with van der Waals surface area (Å²) in [4.78, 5) is 12.3. The minimum Gasteiger partial charge on any atom is -0.435 e. The van der Waals surface area contributed by atoms with Crippen LogP contribution in [-0.4, -0.2) is 19.1 Å². The van der Waals surface area contributed by atoms with Crippen molar-refractivity contribution in [2.75, 3.05) is 6.54 Å². The number of carbonyl (C=O) groups excluding carboxylic acids is 1. The van der Waals surface area contributed by atoms with Gasteiger partial charge in [0.15, 0.2) is 0 Å². The molecule has 1 amide bonds. The lowest BCUT2D eigenvalue weighted by Gasteiger charge is -2.28. The molecule has 0 saturated heterocycles. The van der Waals surface area contributed by atoms with E-state index in [4.69, 9.17) is 5.73 Å². The highest BCUT2D eigenvalue weighted by Crippen LogP contribution is 2.25. The summed E-state index contributed by atoms with van der Waals surface area (Å²) in [6.45, 7) is 1.52. The molecule has 0 heterocycles. The van der Waals surface area contributed by atoms with Crippen LogP contribution >= 0.6 is 12.4 Å². The van der Waals surface area contributed by atoms with E-state index in [1.807, 2.05) is 13.8 Å². The number of rotatable bonds is 8. The van der Waals surface area contributed by atoms with Crippen LogP contribution < -0.4 is 15.8 Å². The lowest BCUT2D eigenvalue weighted by molar-refractivity contribution is -0.131. The van der Waals surface area contributed by atoms with Crippen molar-refractivity contribution >= 4 is 18.3 Å². The molecule has 0 aliphatic carbocycles. The van der Waals surface area contributed by atoms with Gasteiger partial charge >= 0.3 is 6.61 Å². The molecule has 0 saturated carbocycles. The number of alkyl halides is 2. The fourth-order valence-electron chi connectivity index (χ4n) is 2.15. The van der Waals surface area contributed by atoms with Crippen molar-refractivity contribution in [3.8, 4) is 5.75 Å². The van der Waals surface area contributed by atoms with Gasteiger partial charge in [-0.1, -0.05) is 26.0 Å². The molecule has 4 nitrogen and oxygen atoms in total. The van der Waals surface area contributed by atoms with E-state index in [9.17, 15) is 13.6 Å². The van der Waals surface area contributed by atoms with Crippen LogP contribution in [0.15, 0.2) is 24.3 Å². The van der Waals surface area contributed by atoms with Crippen molar-refractivity contribution < 1.29 is 18.3 Å². The van der Waals surface area contributed by atoms with Gasteiger partial charge in [-0.2, -0.15) is 8.78 Å². The molecule has 0 radical (unpaired) electrons. The zero-order valence-corrected chi connectivity index (χ0v) is 13.6. The van der Waals surface area contributed by atoms with Gasteiger partial charge in [0.2, 0.25) is 5.91 Å². The van der Waals surface area contributed by atoms with E-state index in [0.29, 0.717) is 18.4 Å². The number of carbonyl (C=O) groups is 1. The van der Waals surface area contributed by atoms with Crippen molar-refractivity contribution in [1.82, 2.24) is 5.32 Å². The normalized spacial score (nSPS) is 11.0. The van der Waals surface area contributed by atoms with Crippen LogP contribution in [0, 0.1) is 5.41 Å². The minimum atomic E-state index is -2.86. The molecule has 0 aliphatic heterocycles. The number of amides is 1.